The van der Waals surface area contributed by atoms with E-state index in [1.165, 1.54) is 6.33 Å². The minimum absolute atomic E-state index is 0.0105. The number of hydrogen-bond donors (Lipinski definition) is 1. The third-order valence-corrected chi connectivity index (χ3v) is 2.94. The Morgan fingerprint density at radius 2 is 2.05 bits per heavy atom. The van der Waals surface area contributed by atoms with E-state index in [9.17, 15) is 10.1 Å². The van der Waals surface area contributed by atoms with Crippen LogP contribution in [-0.4, -0.2) is 47.2 Å². The number of ether oxygens (including phenoxy) is 1. The summed E-state index contributed by atoms with van der Waals surface area (Å²) in [6.07, 6.45) is 1.35. The molecule has 2 rings (SSSR count). The van der Waals surface area contributed by atoms with Crippen molar-refractivity contribution in [1.29, 1.82) is 0 Å². The zero-order valence-electron chi connectivity index (χ0n) is 11.2. The van der Waals surface area contributed by atoms with Crippen LogP contribution in [0.2, 0.25) is 0 Å². The van der Waals surface area contributed by atoms with E-state index < -0.39 is 4.92 Å². The molecule has 0 radical (unpaired) electrons. The maximum absolute atomic E-state index is 11.2. The maximum atomic E-state index is 11.2. The van der Waals surface area contributed by atoms with Gasteiger partial charge in [0.2, 0.25) is 11.6 Å². The van der Waals surface area contributed by atoms with Crippen LogP contribution in [0.3, 0.4) is 0 Å². The molecule has 0 bridgehead atoms. The van der Waals surface area contributed by atoms with E-state index in [0.717, 1.165) is 0 Å². The highest BCUT2D eigenvalue weighted by Crippen LogP contribution is 2.32. The number of anilines is 2. The Labute approximate surface area is 110 Å². The SMILES string of the molecule is CNc1ncnc(N2C[C@@H](C)O[C@@H](C)C2)c1[N+](=O)[O-]. The Balaban J connectivity index is 2.41. The van der Waals surface area contributed by atoms with Gasteiger partial charge in [-0.3, -0.25) is 10.1 Å². The van der Waals surface area contributed by atoms with Crippen LogP contribution < -0.4 is 10.2 Å². The highest BCUT2D eigenvalue weighted by atomic mass is 16.6. The first-order chi connectivity index (χ1) is 9.02. The molecule has 19 heavy (non-hydrogen) atoms. The normalized spacial score (nSPS) is 23.2. The standard InChI is InChI=1S/C11H17N5O3/c1-7-4-15(5-8(2)19-7)11-9(16(17)18)10(12-3)13-6-14-11/h6-8H,4-5H2,1-3H3,(H,12,13,14)/t7-,8+. The summed E-state index contributed by atoms with van der Waals surface area (Å²) in [6.45, 7) is 5.03. The van der Waals surface area contributed by atoms with Gasteiger partial charge in [0.15, 0.2) is 0 Å². The molecule has 0 aromatic carbocycles. The maximum Gasteiger partial charge on any atom is 0.353 e. The van der Waals surface area contributed by atoms with Gasteiger partial charge in [-0.1, -0.05) is 0 Å². The van der Waals surface area contributed by atoms with E-state index >= 15 is 0 Å². The molecule has 1 aliphatic rings. The topological polar surface area (TPSA) is 93.4 Å². The second-order valence-electron chi connectivity index (χ2n) is 4.56. The van der Waals surface area contributed by atoms with Crippen molar-refractivity contribution in [1.82, 2.24) is 9.97 Å². The van der Waals surface area contributed by atoms with Crippen LogP contribution in [0.25, 0.3) is 0 Å². The lowest BCUT2D eigenvalue weighted by Gasteiger charge is -2.35. The van der Waals surface area contributed by atoms with Crippen LogP contribution in [0.15, 0.2) is 6.33 Å². The number of nitrogens with zero attached hydrogens (tertiary/aromatic N) is 4. The highest BCUT2D eigenvalue weighted by Gasteiger charge is 2.31. The first kappa shape index (κ1) is 13.5. The fourth-order valence-corrected chi connectivity index (χ4v) is 2.30. The van der Waals surface area contributed by atoms with Gasteiger partial charge < -0.3 is 15.0 Å². The summed E-state index contributed by atoms with van der Waals surface area (Å²) < 4.78 is 5.62. The molecule has 0 amide bonds. The van der Waals surface area contributed by atoms with Crippen LogP contribution in [0, 0.1) is 10.1 Å². The molecule has 0 saturated carbocycles. The van der Waals surface area contributed by atoms with Crippen molar-refractivity contribution in [2.45, 2.75) is 26.1 Å². The minimum atomic E-state index is -0.452. The van der Waals surface area contributed by atoms with Gasteiger partial charge in [-0.25, -0.2) is 9.97 Å². The van der Waals surface area contributed by atoms with Crippen LogP contribution in [-0.2, 0) is 4.74 Å². The van der Waals surface area contributed by atoms with E-state index in [1.807, 2.05) is 18.7 Å². The first-order valence-electron chi connectivity index (χ1n) is 6.10. The molecule has 2 heterocycles. The summed E-state index contributed by atoms with van der Waals surface area (Å²) in [6, 6.07) is 0. The van der Waals surface area contributed by atoms with Gasteiger partial charge in [0.1, 0.15) is 6.33 Å². The molecule has 0 aliphatic carbocycles. The first-order valence-corrected chi connectivity index (χ1v) is 6.10. The molecule has 1 saturated heterocycles. The Morgan fingerprint density at radius 1 is 1.42 bits per heavy atom. The zero-order chi connectivity index (χ0) is 14.0. The van der Waals surface area contributed by atoms with Crippen molar-refractivity contribution in [3.05, 3.63) is 16.4 Å². The van der Waals surface area contributed by atoms with Gasteiger partial charge >= 0.3 is 5.69 Å². The van der Waals surface area contributed by atoms with Crippen LogP contribution >= 0.6 is 0 Å². The van der Waals surface area contributed by atoms with Gasteiger partial charge in [0.05, 0.1) is 17.1 Å². The van der Waals surface area contributed by atoms with Gasteiger partial charge in [-0.05, 0) is 13.8 Å². The van der Waals surface area contributed by atoms with Crippen LogP contribution in [0.1, 0.15) is 13.8 Å². The number of nitro groups is 1. The summed E-state index contributed by atoms with van der Waals surface area (Å²) in [5, 5.41) is 14.0. The summed E-state index contributed by atoms with van der Waals surface area (Å²) >= 11 is 0. The molecule has 1 aliphatic heterocycles. The lowest BCUT2D eigenvalue weighted by molar-refractivity contribution is -0.383. The quantitative estimate of drug-likeness (QED) is 0.646. The van der Waals surface area contributed by atoms with Gasteiger partial charge in [-0.2, -0.15) is 0 Å². The van der Waals surface area contributed by atoms with Crippen molar-refractivity contribution in [3.63, 3.8) is 0 Å². The lowest BCUT2D eigenvalue weighted by Crippen LogP contribution is -2.46. The lowest BCUT2D eigenvalue weighted by atomic mass is 10.2. The fourth-order valence-electron chi connectivity index (χ4n) is 2.30. The highest BCUT2D eigenvalue weighted by molar-refractivity contribution is 5.70. The largest absolute Gasteiger partial charge is 0.372 e. The smallest absolute Gasteiger partial charge is 0.353 e. The number of nitrogens with one attached hydrogen (secondary N) is 1. The van der Waals surface area contributed by atoms with E-state index in [1.54, 1.807) is 7.05 Å². The van der Waals surface area contributed by atoms with Gasteiger partial charge in [-0.15, -0.1) is 0 Å². The van der Waals surface area contributed by atoms with Crippen molar-refractivity contribution in [3.8, 4) is 0 Å². The Kier molecular flexibility index (Phi) is 3.79. The number of morpholine rings is 1. The minimum Gasteiger partial charge on any atom is -0.372 e. The molecule has 8 nitrogen and oxygen atoms in total. The number of hydrogen-bond acceptors (Lipinski definition) is 7. The van der Waals surface area contributed by atoms with Crippen molar-refractivity contribution < 1.29 is 9.66 Å². The fraction of sp³-hybridized carbons (Fsp3) is 0.636. The summed E-state index contributed by atoms with van der Waals surface area (Å²) in [5.41, 5.74) is -0.0914. The zero-order valence-corrected chi connectivity index (χ0v) is 11.2. The molecular weight excluding hydrogens is 250 g/mol. The van der Waals surface area contributed by atoms with Gasteiger partial charge in [0, 0.05) is 20.1 Å². The molecule has 0 spiro atoms. The van der Waals surface area contributed by atoms with E-state index in [2.05, 4.69) is 15.3 Å². The molecule has 2 atom stereocenters. The molecule has 1 aromatic heterocycles. The van der Waals surface area contributed by atoms with Crippen molar-refractivity contribution in [2.24, 2.45) is 0 Å². The monoisotopic (exact) mass is 267 g/mol. The molecule has 0 unspecified atom stereocenters. The van der Waals surface area contributed by atoms with Gasteiger partial charge in [0.25, 0.3) is 0 Å². The van der Waals surface area contributed by atoms with Crippen molar-refractivity contribution >= 4 is 17.3 Å². The predicted molar refractivity (Wildman–Crippen MR) is 70.5 cm³/mol. The second kappa shape index (κ2) is 5.35. The number of aromatic nitrogens is 2. The molecule has 104 valence electrons. The average Bonchev–Trinajstić information content (AvgIpc) is 2.36. The Bertz CT molecular complexity index is 471. The Morgan fingerprint density at radius 3 is 2.58 bits per heavy atom. The van der Waals surface area contributed by atoms with E-state index in [4.69, 9.17) is 4.74 Å². The van der Waals surface area contributed by atoms with Crippen molar-refractivity contribution in [2.75, 3.05) is 30.4 Å². The average molecular weight is 267 g/mol. The van der Waals surface area contributed by atoms with E-state index in [-0.39, 0.29) is 23.7 Å². The molecule has 1 N–H and O–H groups in total. The number of rotatable bonds is 3. The van der Waals surface area contributed by atoms with Crippen LogP contribution in [0.4, 0.5) is 17.3 Å². The molecule has 1 fully saturated rings. The second-order valence-corrected chi connectivity index (χ2v) is 4.56. The summed E-state index contributed by atoms with van der Waals surface area (Å²) in [7, 11) is 1.60. The van der Waals surface area contributed by atoms with Crippen LogP contribution in [0.5, 0.6) is 0 Å². The third-order valence-electron chi connectivity index (χ3n) is 2.94. The van der Waals surface area contributed by atoms with E-state index in [0.29, 0.717) is 18.9 Å². The third kappa shape index (κ3) is 2.73. The Hall–Kier alpha value is -1.96. The molecule has 8 heteroatoms. The summed E-state index contributed by atoms with van der Waals surface area (Å²) in [4.78, 5) is 20.6. The summed E-state index contributed by atoms with van der Waals surface area (Å²) in [5.74, 6) is 0.563. The molecule has 1 aromatic rings. The molecular formula is C11H17N5O3. The predicted octanol–water partition coefficient (Wildman–Crippen LogP) is 1.04.